The normalized spacial score (nSPS) is 15.4. The summed E-state index contributed by atoms with van der Waals surface area (Å²) in [4.78, 5) is 13.7. The van der Waals surface area contributed by atoms with Crippen molar-refractivity contribution < 1.29 is 9.46 Å². The number of allylic oxidation sites excluding steroid dienone is 1. The van der Waals surface area contributed by atoms with Crippen molar-refractivity contribution in [1.82, 2.24) is 10.1 Å². The zero-order valence-electron chi connectivity index (χ0n) is 9.09. The SMILES string of the molecule is C/C=C\c1csc(CNP(=O)(O)CCN)n1. The maximum Gasteiger partial charge on any atom is 0.268 e. The molecule has 0 amide bonds. The minimum Gasteiger partial charge on any atom is -0.333 e. The average Bonchev–Trinajstić information content (AvgIpc) is 2.64. The van der Waals surface area contributed by atoms with Crippen molar-refractivity contribution in [2.24, 2.45) is 5.73 Å². The molecule has 0 saturated heterocycles. The maximum absolute atomic E-state index is 11.4. The summed E-state index contributed by atoms with van der Waals surface area (Å²) in [6.45, 7) is 2.42. The lowest BCUT2D eigenvalue weighted by Crippen LogP contribution is -2.16. The van der Waals surface area contributed by atoms with Crippen LogP contribution in [0.15, 0.2) is 11.5 Å². The van der Waals surface area contributed by atoms with Crippen LogP contribution in [0.3, 0.4) is 0 Å². The summed E-state index contributed by atoms with van der Waals surface area (Å²) in [5, 5.41) is 5.28. The predicted octanol–water partition coefficient (Wildman–Crippen LogP) is 1.41. The lowest BCUT2D eigenvalue weighted by atomic mass is 10.4. The molecule has 1 aromatic heterocycles. The van der Waals surface area contributed by atoms with Crippen molar-refractivity contribution >= 4 is 24.9 Å². The number of hydrogen-bond donors (Lipinski definition) is 3. The van der Waals surface area contributed by atoms with Gasteiger partial charge in [-0.3, -0.25) is 4.57 Å². The highest BCUT2D eigenvalue weighted by Gasteiger charge is 2.16. The van der Waals surface area contributed by atoms with Gasteiger partial charge in [-0.25, -0.2) is 10.1 Å². The molecule has 90 valence electrons. The van der Waals surface area contributed by atoms with Gasteiger partial charge in [-0.1, -0.05) is 6.08 Å². The lowest BCUT2D eigenvalue weighted by Gasteiger charge is -2.10. The van der Waals surface area contributed by atoms with E-state index in [1.165, 1.54) is 11.3 Å². The van der Waals surface area contributed by atoms with E-state index in [4.69, 9.17) is 5.73 Å². The fourth-order valence-electron chi connectivity index (χ4n) is 1.10. The van der Waals surface area contributed by atoms with Crippen LogP contribution in [-0.2, 0) is 11.1 Å². The molecule has 4 N–H and O–H groups in total. The van der Waals surface area contributed by atoms with Crippen LogP contribution in [0.4, 0.5) is 0 Å². The van der Waals surface area contributed by atoms with E-state index in [1.807, 2.05) is 24.5 Å². The zero-order valence-corrected chi connectivity index (χ0v) is 10.8. The van der Waals surface area contributed by atoms with Crippen LogP contribution < -0.4 is 10.8 Å². The molecule has 0 aliphatic carbocycles. The maximum atomic E-state index is 11.4. The first kappa shape index (κ1) is 13.5. The highest BCUT2D eigenvalue weighted by atomic mass is 32.1. The largest absolute Gasteiger partial charge is 0.333 e. The Kier molecular flexibility index (Phi) is 5.31. The molecular formula is C9H16N3O2PS. The Morgan fingerprint density at radius 2 is 2.50 bits per heavy atom. The molecule has 0 spiro atoms. The first-order chi connectivity index (χ1) is 7.57. The van der Waals surface area contributed by atoms with E-state index >= 15 is 0 Å². The highest BCUT2D eigenvalue weighted by molar-refractivity contribution is 7.55. The molecule has 1 aromatic rings. The third-order valence-corrected chi connectivity index (χ3v) is 4.20. The van der Waals surface area contributed by atoms with Gasteiger partial charge in [0.05, 0.1) is 18.4 Å². The van der Waals surface area contributed by atoms with Gasteiger partial charge in [-0.05, 0) is 13.0 Å². The van der Waals surface area contributed by atoms with Crippen LogP contribution in [0, 0.1) is 0 Å². The van der Waals surface area contributed by atoms with Crippen LogP contribution in [0.5, 0.6) is 0 Å². The van der Waals surface area contributed by atoms with E-state index in [1.54, 1.807) is 0 Å². The van der Waals surface area contributed by atoms with E-state index in [0.717, 1.165) is 10.7 Å². The lowest BCUT2D eigenvalue weighted by molar-refractivity contribution is 0.462. The topological polar surface area (TPSA) is 88.2 Å². The van der Waals surface area contributed by atoms with E-state index in [2.05, 4.69) is 10.1 Å². The number of nitrogens with two attached hydrogens (primary N) is 1. The van der Waals surface area contributed by atoms with Crippen molar-refractivity contribution in [3.63, 3.8) is 0 Å². The number of nitrogens with zero attached hydrogens (tertiary/aromatic N) is 1. The highest BCUT2D eigenvalue weighted by Crippen LogP contribution is 2.34. The van der Waals surface area contributed by atoms with Crippen molar-refractivity contribution in [3.05, 3.63) is 22.2 Å². The zero-order chi connectivity index (χ0) is 12.0. The quantitative estimate of drug-likeness (QED) is 0.674. The third kappa shape index (κ3) is 4.55. The molecule has 7 heteroatoms. The summed E-state index contributed by atoms with van der Waals surface area (Å²) < 4.78 is 11.4. The van der Waals surface area contributed by atoms with E-state index < -0.39 is 7.52 Å². The number of nitrogens with one attached hydrogen (secondary N) is 1. The molecule has 0 aliphatic rings. The van der Waals surface area contributed by atoms with Crippen molar-refractivity contribution in [2.45, 2.75) is 13.5 Å². The molecule has 1 heterocycles. The van der Waals surface area contributed by atoms with Crippen molar-refractivity contribution in [1.29, 1.82) is 0 Å². The molecule has 1 rings (SSSR count). The monoisotopic (exact) mass is 261 g/mol. The summed E-state index contributed by atoms with van der Waals surface area (Å²) in [5.74, 6) is 0. The van der Waals surface area contributed by atoms with E-state index in [-0.39, 0.29) is 12.7 Å². The second-order valence-corrected chi connectivity index (χ2v) is 6.32. The minimum absolute atomic E-state index is 0.0834. The average molecular weight is 261 g/mol. The Hall–Kier alpha value is -0.520. The van der Waals surface area contributed by atoms with Gasteiger partial charge < -0.3 is 10.6 Å². The Bertz CT molecular complexity index is 405. The number of rotatable bonds is 6. The molecule has 16 heavy (non-hydrogen) atoms. The molecule has 0 aliphatic heterocycles. The van der Waals surface area contributed by atoms with Crippen LogP contribution >= 0.6 is 18.9 Å². The van der Waals surface area contributed by atoms with Gasteiger partial charge in [0.2, 0.25) is 0 Å². The van der Waals surface area contributed by atoms with Crippen LogP contribution in [0.25, 0.3) is 6.08 Å². The van der Waals surface area contributed by atoms with Gasteiger partial charge in [0.15, 0.2) is 0 Å². The Balaban J connectivity index is 2.51. The third-order valence-electron chi connectivity index (χ3n) is 1.82. The second-order valence-electron chi connectivity index (χ2n) is 3.21. The molecule has 0 fully saturated rings. The molecule has 0 bridgehead atoms. The van der Waals surface area contributed by atoms with Crippen LogP contribution in [0.2, 0.25) is 0 Å². The molecule has 0 radical (unpaired) electrons. The molecule has 0 saturated carbocycles. The Morgan fingerprint density at radius 3 is 3.12 bits per heavy atom. The van der Waals surface area contributed by atoms with Crippen molar-refractivity contribution in [3.8, 4) is 0 Å². The molecular weight excluding hydrogens is 245 g/mol. The van der Waals surface area contributed by atoms with Gasteiger partial charge in [0, 0.05) is 11.9 Å². The van der Waals surface area contributed by atoms with E-state index in [0.29, 0.717) is 6.54 Å². The summed E-state index contributed by atoms with van der Waals surface area (Å²) in [6, 6.07) is 0. The van der Waals surface area contributed by atoms with Crippen molar-refractivity contribution in [2.75, 3.05) is 12.7 Å². The summed E-state index contributed by atoms with van der Waals surface area (Å²) in [7, 11) is -3.29. The smallest absolute Gasteiger partial charge is 0.268 e. The van der Waals surface area contributed by atoms with Gasteiger partial charge in [-0.15, -0.1) is 11.3 Å². The summed E-state index contributed by atoms with van der Waals surface area (Å²) >= 11 is 1.46. The van der Waals surface area contributed by atoms with Crippen LogP contribution in [0.1, 0.15) is 17.6 Å². The number of hydrogen-bond acceptors (Lipinski definition) is 4. The molecule has 0 aromatic carbocycles. The van der Waals surface area contributed by atoms with E-state index in [9.17, 15) is 9.46 Å². The second kappa shape index (κ2) is 6.27. The van der Waals surface area contributed by atoms with Gasteiger partial charge >= 0.3 is 0 Å². The number of aromatic nitrogens is 1. The minimum atomic E-state index is -3.29. The Labute approximate surface area is 98.9 Å². The van der Waals surface area contributed by atoms with Gasteiger partial charge in [0.1, 0.15) is 5.01 Å². The first-order valence-corrected chi connectivity index (χ1v) is 7.64. The molecule has 1 atom stereocenters. The standard InChI is InChI=1S/C9H16N3O2PS/c1-2-3-8-7-16-9(12-8)6-11-15(13,14)5-4-10/h2-3,7H,4-6,10H2,1H3,(H2,11,13,14)/b3-2-. The van der Waals surface area contributed by atoms with Gasteiger partial charge in [-0.2, -0.15) is 0 Å². The van der Waals surface area contributed by atoms with Crippen LogP contribution in [-0.4, -0.2) is 22.6 Å². The molecule has 5 nitrogen and oxygen atoms in total. The van der Waals surface area contributed by atoms with Gasteiger partial charge in [0.25, 0.3) is 7.52 Å². The Morgan fingerprint density at radius 1 is 1.75 bits per heavy atom. The summed E-state index contributed by atoms with van der Waals surface area (Å²) in [6.07, 6.45) is 3.87. The number of thiazole rings is 1. The predicted molar refractivity (Wildman–Crippen MR) is 67.4 cm³/mol. The molecule has 1 unspecified atom stereocenters. The first-order valence-electron chi connectivity index (χ1n) is 4.91. The fourth-order valence-corrected chi connectivity index (χ4v) is 2.81. The fraction of sp³-hybridized carbons (Fsp3) is 0.444. The summed E-state index contributed by atoms with van der Waals surface area (Å²) in [5.41, 5.74) is 6.10.